The molecule has 2 aromatic carbocycles. The van der Waals surface area contributed by atoms with Crippen LogP contribution >= 0.6 is 0 Å². The molecule has 0 amide bonds. The highest BCUT2D eigenvalue weighted by Crippen LogP contribution is 2.42. The summed E-state index contributed by atoms with van der Waals surface area (Å²) in [6.07, 6.45) is -7.82. The van der Waals surface area contributed by atoms with Crippen LogP contribution in [-0.2, 0) is 11.0 Å². The summed E-state index contributed by atoms with van der Waals surface area (Å²) in [6.45, 7) is 5.39. The lowest BCUT2D eigenvalue weighted by atomic mass is 9.82. The quantitative estimate of drug-likeness (QED) is 0.375. The molecule has 0 bridgehead atoms. The van der Waals surface area contributed by atoms with Crippen LogP contribution in [0.1, 0.15) is 68.7 Å². The Bertz CT molecular complexity index is 1030. The minimum atomic E-state index is -4.46. The van der Waals surface area contributed by atoms with Gasteiger partial charge in [-0.2, -0.15) is 26.3 Å². The maximum Gasteiger partial charge on any atom is 0.416 e. The van der Waals surface area contributed by atoms with Gasteiger partial charge in [0.15, 0.2) is 0 Å². The molecule has 0 saturated carbocycles. The van der Waals surface area contributed by atoms with E-state index in [1.807, 2.05) is 32.0 Å². The van der Waals surface area contributed by atoms with Crippen molar-refractivity contribution in [3.8, 4) is 11.1 Å². The summed E-state index contributed by atoms with van der Waals surface area (Å²) in [5, 5.41) is 0. The summed E-state index contributed by atoms with van der Waals surface area (Å²) in [5.41, 5.74) is 1.96. The van der Waals surface area contributed by atoms with Crippen LogP contribution in [0.2, 0.25) is 0 Å². The van der Waals surface area contributed by atoms with Crippen LogP contribution in [-0.4, -0.2) is 30.5 Å². The van der Waals surface area contributed by atoms with Crippen molar-refractivity contribution in [1.29, 1.82) is 0 Å². The first kappa shape index (κ1) is 27.2. The van der Waals surface area contributed by atoms with Gasteiger partial charge in [-0.1, -0.05) is 38.1 Å². The Balaban J connectivity index is 2.06. The first-order valence-corrected chi connectivity index (χ1v) is 11.8. The molecule has 0 spiro atoms. The summed E-state index contributed by atoms with van der Waals surface area (Å²) in [4.78, 5) is 14.2. The number of carbonyl (C=O) groups is 1. The van der Waals surface area contributed by atoms with Gasteiger partial charge in [-0.05, 0) is 79.6 Å². The molecule has 1 fully saturated rings. The molecule has 0 aliphatic carbocycles. The molecule has 35 heavy (non-hydrogen) atoms. The van der Waals surface area contributed by atoms with Crippen LogP contribution in [0.25, 0.3) is 11.1 Å². The number of likely N-dealkylation sites (tertiary alicyclic amines) is 1. The van der Waals surface area contributed by atoms with Gasteiger partial charge >= 0.3 is 12.4 Å². The topological polar surface area (TPSA) is 20.3 Å². The summed E-state index contributed by atoms with van der Waals surface area (Å²) < 4.78 is 79.0. The molecule has 8 heteroatoms. The molecule has 3 atom stereocenters. The monoisotopic (exact) mass is 499 g/mol. The van der Waals surface area contributed by atoms with Crippen molar-refractivity contribution in [1.82, 2.24) is 4.90 Å². The second-order valence-corrected chi connectivity index (χ2v) is 10.0. The summed E-state index contributed by atoms with van der Waals surface area (Å²) in [5.74, 6) is -1.59. The molecule has 2 nitrogen and oxygen atoms in total. The van der Waals surface area contributed by atoms with Crippen molar-refractivity contribution in [2.75, 3.05) is 13.6 Å². The fourth-order valence-electron chi connectivity index (χ4n) is 4.93. The SMILES string of the molecule is CC(=O)C(CC(C)C)c1cc(-c2ccc(C(F)(F)F)cc2)cc(C2CCC(C(F)(F)F)CN2C)c1. The first-order chi connectivity index (χ1) is 16.2. The highest BCUT2D eigenvalue weighted by atomic mass is 19.4. The van der Waals surface area contributed by atoms with Crippen molar-refractivity contribution >= 4 is 5.78 Å². The molecule has 2 aromatic rings. The fraction of sp³-hybridized carbons (Fsp3) is 0.519. The van der Waals surface area contributed by atoms with E-state index >= 15 is 0 Å². The molecule has 0 aromatic heterocycles. The van der Waals surface area contributed by atoms with E-state index in [2.05, 4.69) is 0 Å². The lowest BCUT2D eigenvalue weighted by molar-refractivity contribution is -0.189. The number of hydrogen-bond donors (Lipinski definition) is 0. The lowest BCUT2D eigenvalue weighted by Crippen LogP contribution is -2.41. The van der Waals surface area contributed by atoms with Gasteiger partial charge in [-0.3, -0.25) is 9.69 Å². The maximum atomic E-state index is 13.3. The van der Waals surface area contributed by atoms with Crippen LogP contribution in [0.15, 0.2) is 42.5 Å². The van der Waals surface area contributed by atoms with Crippen molar-refractivity contribution in [2.24, 2.45) is 11.8 Å². The average molecular weight is 500 g/mol. The van der Waals surface area contributed by atoms with Gasteiger partial charge in [-0.15, -0.1) is 0 Å². The molecular formula is C27H31F6NO. The van der Waals surface area contributed by atoms with E-state index in [0.29, 0.717) is 24.0 Å². The smallest absolute Gasteiger partial charge is 0.299 e. The Morgan fingerprint density at radius 1 is 0.971 bits per heavy atom. The van der Waals surface area contributed by atoms with Gasteiger partial charge in [-0.25, -0.2) is 0 Å². The van der Waals surface area contributed by atoms with Crippen molar-refractivity contribution in [2.45, 2.75) is 64.3 Å². The number of benzene rings is 2. The molecule has 1 heterocycles. The Morgan fingerprint density at radius 3 is 2.09 bits per heavy atom. The Hall–Kier alpha value is -2.35. The predicted octanol–water partition coefficient (Wildman–Crippen LogP) is 8.04. The third-order valence-corrected chi connectivity index (χ3v) is 6.80. The van der Waals surface area contributed by atoms with E-state index < -0.39 is 29.8 Å². The van der Waals surface area contributed by atoms with E-state index in [1.165, 1.54) is 19.1 Å². The third-order valence-electron chi connectivity index (χ3n) is 6.80. The molecule has 0 N–H and O–H groups in total. The molecule has 1 aliphatic heterocycles. The molecule has 3 unspecified atom stereocenters. The first-order valence-electron chi connectivity index (χ1n) is 11.8. The molecular weight excluding hydrogens is 468 g/mol. The number of carbonyl (C=O) groups excluding carboxylic acids is 1. The highest BCUT2D eigenvalue weighted by Gasteiger charge is 2.43. The summed E-state index contributed by atoms with van der Waals surface area (Å²) in [7, 11) is 1.66. The molecule has 192 valence electrons. The number of piperidine rings is 1. The van der Waals surface area contributed by atoms with Gasteiger partial charge in [0.1, 0.15) is 5.78 Å². The van der Waals surface area contributed by atoms with E-state index in [-0.39, 0.29) is 30.7 Å². The number of nitrogens with zero attached hydrogens (tertiary/aromatic N) is 1. The summed E-state index contributed by atoms with van der Waals surface area (Å²) in [6, 6.07) is 10.1. The van der Waals surface area contributed by atoms with Gasteiger partial charge in [0, 0.05) is 18.5 Å². The molecule has 3 rings (SSSR count). The zero-order valence-electron chi connectivity index (χ0n) is 20.3. The molecule has 0 radical (unpaired) electrons. The number of hydrogen-bond acceptors (Lipinski definition) is 2. The second kappa shape index (κ2) is 10.3. The Labute approximate surface area is 202 Å². The number of ketones is 1. The highest BCUT2D eigenvalue weighted by molar-refractivity contribution is 5.84. The van der Waals surface area contributed by atoms with Gasteiger partial charge in [0.2, 0.25) is 0 Å². The Kier molecular flexibility index (Phi) is 8.04. The van der Waals surface area contributed by atoms with E-state index in [9.17, 15) is 31.1 Å². The number of alkyl halides is 6. The van der Waals surface area contributed by atoms with Crippen LogP contribution in [0.5, 0.6) is 0 Å². The van der Waals surface area contributed by atoms with Crippen molar-refractivity contribution in [3.05, 3.63) is 59.2 Å². The predicted molar refractivity (Wildman–Crippen MR) is 124 cm³/mol. The molecule has 1 saturated heterocycles. The van der Waals surface area contributed by atoms with Crippen LogP contribution in [0.3, 0.4) is 0 Å². The third kappa shape index (κ3) is 6.66. The number of halogens is 6. The van der Waals surface area contributed by atoms with E-state index in [0.717, 1.165) is 23.3 Å². The van der Waals surface area contributed by atoms with Crippen molar-refractivity contribution < 1.29 is 31.1 Å². The lowest BCUT2D eigenvalue weighted by Gasteiger charge is -2.38. The summed E-state index contributed by atoms with van der Waals surface area (Å²) >= 11 is 0. The zero-order chi connectivity index (χ0) is 26.1. The standard InChI is InChI=1S/C27H31F6NO/c1-16(2)11-24(17(3)35)20-12-19(18-5-7-22(8-6-18)26(28,29)30)13-21(14-20)25-10-9-23(15-34(25)4)27(31,32)33/h5-8,12-14,16,23-25H,9-11,15H2,1-4H3. The maximum absolute atomic E-state index is 13.3. The minimum Gasteiger partial charge on any atom is -0.299 e. The average Bonchev–Trinajstić information content (AvgIpc) is 2.75. The Morgan fingerprint density at radius 2 is 1.60 bits per heavy atom. The van der Waals surface area contributed by atoms with E-state index in [1.54, 1.807) is 11.9 Å². The van der Waals surface area contributed by atoms with E-state index in [4.69, 9.17) is 0 Å². The van der Waals surface area contributed by atoms with Gasteiger partial charge < -0.3 is 0 Å². The minimum absolute atomic E-state index is 0.000474. The normalized spacial score (nSPS) is 20.8. The van der Waals surface area contributed by atoms with Gasteiger partial charge in [0.25, 0.3) is 0 Å². The van der Waals surface area contributed by atoms with Crippen LogP contribution in [0.4, 0.5) is 26.3 Å². The van der Waals surface area contributed by atoms with Crippen LogP contribution in [0, 0.1) is 11.8 Å². The van der Waals surface area contributed by atoms with Crippen LogP contribution < -0.4 is 0 Å². The number of rotatable bonds is 6. The fourth-order valence-corrected chi connectivity index (χ4v) is 4.93. The van der Waals surface area contributed by atoms with Gasteiger partial charge in [0.05, 0.1) is 11.5 Å². The number of Topliss-reactive ketones (excluding diaryl/α,β-unsaturated/α-hetero) is 1. The second-order valence-electron chi connectivity index (χ2n) is 10.0. The zero-order valence-corrected chi connectivity index (χ0v) is 20.3. The molecule has 1 aliphatic rings. The van der Waals surface area contributed by atoms with Crippen molar-refractivity contribution in [3.63, 3.8) is 0 Å². The largest absolute Gasteiger partial charge is 0.416 e.